The number of benzene rings is 2. The second-order valence-corrected chi connectivity index (χ2v) is 7.61. The molecule has 5 heteroatoms. The van der Waals surface area contributed by atoms with Crippen LogP contribution in [-0.2, 0) is 27.3 Å². The lowest BCUT2D eigenvalue weighted by atomic mass is 9.94. The van der Waals surface area contributed by atoms with Crippen LogP contribution in [0, 0.1) is 13.8 Å². The smallest absolute Gasteiger partial charge is 0.328 e. The third kappa shape index (κ3) is 3.93. The Morgan fingerprint density at radius 2 is 1.88 bits per heavy atom. The summed E-state index contributed by atoms with van der Waals surface area (Å²) in [6.45, 7) is 4.55. The van der Waals surface area contributed by atoms with Gasteiger partial charge in [0.1, 0.15) is 6.04 Å². The van der Waals surface area contributed by atoms with Gasteiger partial charge < -0.3 is 9.64 Å². The number of fused-ring (bicyclic) bond motifs is 1. The van der Waals surface area contributed by atoms with Crippen LogP contribution in [0.5, 0.6) is 0 Å². The Labute approximate surface area is 158 Å². The summed E-state index contributed by atoms with van der Waals surface area (Å²) in [6, 6.07) is 13.6. The van der Waals surface area contributed by atoms with Crippen LogP contribution in [0.1, 0.15) is 22.3 Å². The monoisotopic (exact) mass is 369 g/mol. The van der Waals surface area contributed by atoms with Crippen LogP contribution in [0.4, 0.5) is 0 Å². The predicted octanol–water partition coefficient (Wildman–Crippen LogP) is 3.52. The van der Waals surface area contributed by atoms with E-state index in [-0.39, 0.29) is 11.9 Å². The minimum Gasteiger partial charge on any atom is -0.467 e. The normalized spacial score (nSPS) is 16.1. The zero-order chi connectivity index (χ0) is 18.7. The van der Waals surface area contributed by atoms with Crippen molar-refractivity contribution >= 4 is 23.6 Å². The first-order valence-corrected chi connectivity index (χ1v) is 9.62. The van der Waals surface area contributed by atoms with Crippen molar-refractivity contribution in [2.24, 2.45) is 0 Å². The van der Waals surface area contributed by atoms with Crippen molar-refractivity contribution in [2.75, 3.05) is 12.9 Å². The number of carbonyl (C=O) groups is 2. The molecule has 0 spiro atoms. The highest BCUT2D eigenvalue weighted by Crippen LogP contribution is 2.27. The van der Waals surface area contributed by atoms with Gasteiger partial charge in [-0.3, -0.25) is 4.79 Å². The van der Waals surface area contributed by atoms with Gasteiger partial charge in [0, 0.05) is 17.9 Å². The van der Waals surface area contributed by atoms with Crippen molar-refractivity contribution in [1.82, 2.24) is 4.90 Å². The molecular formula is C21H23NO3S. The third-order valence-electron chi connectivity index (χ3n) is 4.72. The average Bonchev–Trinajstić information content (AvgIpc) is 2.65. The van der Waals surface area contributed by atoms with Crippen LogP contribution >= 0.6 is 11.8 Å². The lowest BCUT2D eigenvalue weighted by Crippen LogP contribution is -2.49. The minimum atomic E-state index is -0.554. The fourth-order valence-electron chi connectivity index (χ4n) is 3.32. The molecule has 1 aliphatic rings. The van der Waals surface area contributed by atoms with Gasteiger partial charge in [-0.2, -0.15) is 0 Å². The fraction of sp³-hybridized carbons (Fsp3) is 0.333. The number of nitrogens with zero attached hydrogens (tertiary/aromatic N) is 1. The van der Waals surface area contributed by atoms with Gasteiger partial charge in [0.05, 0.1) is 12.9 Å². The van der Waals surface area contributed by atoms with E-state index >= 15 is 0 Å². The summed E-state index contributed by atoms with van der Waals surface area (Å²) in [7, 11) is 1.37. The Bertz CT molecular complexity index is 834. The summed E-state index contributed by atoms with van der Waals surface area (Å²) in [5, 5.41) is 0. The van der Waals surface area contributed by atoms with Crippen LogP contribution in [0.25, 0.3) is 0 Å². The maximum absolute atomic E-state index is 12.9. The van der Waals surface area contributed by atoms with E-state index in [2.05, 4.69) is 13.0 Å². The van der Waals surface area contributed by atoms with E-state index in [0.717, 1.165) is 21.6 Å². The van der Waals surface area contributed by atoms with Crippen LogP contribution in [0.3, 0.4) is 0 Å². The molecule has 0 saturated heterocycles. The fourth-order valence-corrected chi connectivity index (χ4v) is 4.21. The van der Waals surface area contributed by atoms with Crippen molar-refractivity contribution in [3.8, 4) is 0 Å². The molecule has 3 rings (SSSR count). The molecule has 0 bridgehead atoms. The number of carbonyl (C=O) groups excluding carboxylic acids is 2. The largest absolute Gasteiger partial charge is 0.467 e. The van der Waals surface area contributed by atoms with Gasteiger partial charge in [0.15, 0.2) is 0 Å². The minimum absolute atomic E-state index is 0.0418. The SMILES string of the molecule is COC(=O)[C@@H]1Cc2ccccc2CN1C(=O)CSc1ccc(C)cc1C. The molecule has 0 N–H and O–H groups in total. The summed E-state index contributed by atoms with van der Waals surface area (Å²) in [5.74, 6) is -0.0937. The first-order valence-electron chi connectivity index (χ1n) is 8.63. The van der Waals surface area contributed by atoms with E-state index < -0.39 is 6.04 Å². The number of esters is 1. The van der Waals surface area contributed by atoms with Gasteiger partial charge in [-0.25, -0.2) is 4.79 Å². The molecular weight excluding hydrogens is 346 g/mol. The van der Waals surface area contributed by atoms with Crippen molar-refractivity contribution < 1.29 is 14.3 Å². The van der Waals surface area contributed by atoms with E-state index in [0.29, 0.717) is 18.7 Å². The van der Waals surface area contributed by atoms with E-state index in [1.165, 1.54) is 24.4 Å². The summed E-state index contributed by atoms with van der Waals surface area (Å²) in [5.41, 5.74) is 4.57. The predicted molar refractivity (Wildman–Crippen MR) is 103 cm³/mol. The summed E-state index contributed by atoms with van der Waals surface area (Å²) < 4.78 is 4.94. The number of methoxy groups -OCH3 is 1. The van der Waals surface area contributed by atoms with E-state index in [1.807, 2.05) is 43.3 Å². The van der Waals surface area contributed by atoms with E-state index in [4.69, 9.17) is 4.74 Å². The number of aryl methyl sites for hydroxylation is 2. The second-order valence-electron chi connectivity index (χ2n) is 6.59. The molecule has 1 heterocycles. The number of ether oxygens (including phenoxy) is 1. The average molecular weight is 369 g/mol. The Morgan fingerprint density at radius 3 is 2.58 bits per heavy atom. The number of thioether (sulfide) groups is 1. The molecule has 0 radical (unpaired) electrons. The molecule has 0 aliphatic carbocycles. The molecule has 1 aliphatic heterocycles. The first kappa shape index (κ1) is 18.5. The molecule has 1 atom stereocenters. The van der Waals surface area contributed by atoms with Gasteiger partial charge >= 0.3 is 5.97 Å². The lowest BCUT2D eigenvalue weighted by Gasteiger charge is -2.35. The Hall–Kier alpha value is -2.27. The Balaban J connectivity index is 1.76. The number of hydrogen-bond donors (Lipinski definition) is 0. The Kier molecular flexibility index (Phi) is 5.67. The first-order chi connectivity index (χ1) is 12.5. The molecule has 0 unspecified atom stereocenters. The highest BCUT2D eigenvalue weighted by atomic mass is 32.2. The molecule has 0 fully saturated rings. The van der Waals surface area contributed by atoms with Crippen molar-refractivity contribution in [2.45, 2.75) is 37.8 Å². The Morgan fingerprint density at radius 1 is 1.15 bits per heavy atom. The number of amides is 1. The summed E-state index contributed by atoms with van der Waals surface area (Å²) >= 11 is 1.52. The molecule has 0 aromatic heterocycles. The molecule has 2 aromatic carbocycles. The van der Waals surface area contributed by atoms with Crippen molar-refractivity contribution in [3.63, 3.8) is 0 Å². The molecule has 4 nitrogen and oxygen atoms in total. The highest BCUT2D eigenvalue weighted by Gasteiger charge is 2.35. The maximum atomic E-state index is 12.9. The zero-order valence-corrected chi connectivity index (χ0v) is 16.1. The number of hydrogen-bond acceptors (Lipinski definition) is 4. The summed E-state index contributed by atoms with van der Waals surface area (Å²) in [4.78, 5) is 27.9. The maximum Gasteiger partial charge on any atom is 0.328 e. The topological polar surface area (TPSA) is 46.6 Å². The quantitative estimate of drug-likeness (QED) is 0.611. The molecule has 136 valence electrons. The molecule has 0 saturated carbocycles. The van der Waals surface area contributed by atoms with E-state index in [1.54, 1.807) is 4.90 Å². The third-order valence-corrected chi connectivity index (χ3v) is 5.88. The van der Waals surface area contributed by atoms with Gasteiger partial charge in [0.2, 0.25) is 5.91 Å². The molecule has 1 amide bonds. The van der Waals surface area contributed by atoms with E-state index in [9.17, 15) is 9.59 Å². The number of rotatable bonds is 4. The van der Waals surface area contributed by atoms with Gasteiger partial charge in [-0.15, -0.1) is 11.8 Å². The summed E-state index contributed by atoms with van der Waals surface area (Å²) in [6.07, 6.45) is 0.503. The second kappa shape index (κ2) is 7.96. The highest BCUT2D eigenvalue weighted by molar-refractivity contribution is 8.00. The van der Waals surface area contributed by atoms with Gasteiger partial charge in [-0.05, 0) is 36.6 Å². The van der Waals surface area contributed by atoms with Crippen LogP contribution < -0.4 is 0 Å². The van der Waals surface area contributed by atoms with Gasteiger partial charge in [-0.1, -0.05) is 42.0 Å². The van der Waals surface area contributed by atoms with Crippen molar-refractivity contribution in [1.29, 1.82) is 0 Å². The lowest BCUT2D eigenvalue weighted by molar-refractivity contribution is -0.153. The molecule has 2 aromatic rings. The van der Waals surface area contributed by atoms with Gasteiger partial charge in [0.25, 0.3) is 0 Å². The zero-order valence-electron chi connectivity index (χ0n) is 15.3. The standard InChI is InChI=1S/C21H23NO3S/c1-14-8-9-19(15(2)10-14)26-13-20(23)22-12-17-7-5-4-6-16(17)11-18(22)21(24)25-3/h4-10,18H,11-13H2,1-3H3/t18-/m0/s1. The van der Waals surface area contributed by atoms with Crippen LogP contribution in [-0.4, -0.2) is 35.7 Å². The van der Waals surface area contributed by atoms with Crippen LogP contribution in [0.15, 0.2) is 47.4 Å². The van der Waals surface area contributed by atoms with Crippen LogP contribution in [0.2, 0.25) is 0 Å². The molecule has 26 heavy (non-hydrogen) atoms. The van der Waals surface area contributed by atoms with Crippen molar-refractivity contribution in [3.05, 3.63) is 64.7 Å².